The van der Waals surface area contributed by atoms with Gasteiger partial charge in [0.2, 0.25) is 5.89 Å². The van der Waals surface area contributed by atoms with Crippen LogP contribution in [-0.4, -0.2) is 23.4 Å². The molecule has 0 unspecified atom stereocenters. The molecule has 6 heteroatoms. The molecule has 0 aliphatic carbocycles. The van der Waals surface area contributed by atoms with E-state index in [2.05, 4.69) is 4.98 Å². The van der Waals surface area contributed by atoms with Crippen molar-refractivity contribution in [3.63, 3.8) is 0 Å². The predicted octanol–water partition coefficient (Wildman–Crippen LogP) is 2.31. The predicted molar refractivity (Wildman–Crippen MR) is 70.9 cm³/mol. The summed E-state index contributed by atoms with van der Waals surface area (Å²) >= 11 is 0. The van der Waals surface area contributed by atoms with Crippen LogP contribution < -0.4 is 9.47 Å². The Hall–Kier alpha value is -1.82. The third kappa shape index (κ3) is 3.14. The number of oxazole rings is 1. The Kier molecular flexibility index (Phi) is 4.21. The quantitative estimate of drug-likeness (QED) is 0.841. The molecule has 0 amide bonds. The van der Waals surface area contributed by atoms with Crippen LogP contribution in [0.25, 0.3) is 0 Å². The molecule has 102 valence electrons. The first-order valence-electron chi connectivity index (χ1n) is 5.65. The Morgan fingerprint density at radius 2 is 2.00 bits per heavy atom. The Balaban J connectivity index is 2.19. The van der Waals surface area contributed by atoms with E-state index in [1.54, 1.807) is 45.5 Å². The molecule has 0 radical (unpaired) electrons. The summed E-state index contributed by atoms with van der Waals surface area (Å²) in [5, 5.41) is 0. The molecule has 0 bridgehead atoms. The number of aryl methyl sites for hydroxylation is 1. The zero-order chi connectivity index (χ0) is 13.8. The van der Waals surface area contributed by atoms with Crippen molar-refractivity contribution in [2.75, 3.05) is 14.2 Å². The molecule has 2 rings (SSSR count). The number of nitrogens with zero attached hydrogens (tertiary/aromatic N) is 1. The van der Waals surface area contributed by atoms with Gasteiger partial charge in [-0.3, -0.25) is 4.21 Å². The maximum absolute atomic E-state index is 12.2. The van der Waals surface area contributed by atoms with Gasteiger partial charge in [-0.1, -0.05) is 0 Å². The Morgan fingerprint density at radius 3 is 2.58 bits per heavy atom. The first-order valence-corrected chi connectivity index (χ1v) is 6.97. The van der Waals surface area contributed by atoms with Crippen molar-refractivity contribution in [1.29, 1.82) is 0 Å². The second-order valence-corrected chi connectivity index (χ2v) is 5.32. The number of hydrogen-bond acceptors (Lipinski definition) is 5. The summed E-state index contributed by atoms with van der Waals surface area (Å²) in [6, 6.07) is 5.17. The van der Waals surface area contributed by atoms with Gasteiger partial charge in [0.1, 0.15) is 11.5 Å². The summed E-state index contributed by atoms with van der Waals surface area (Å²) < 4.78 is 27.8. The van der Waals surface area contributed by atoms with Crippen molar-refractivity contribution < 1.29 is 18.1 Å². The van der Waals surface area contributed by atoms with Crippen LogP contribution in [0.2, 0.25) is 0 Å². The molecule has 0 saturated heterocycles. The van der Waals surface area contributed by atoms with E-state index in [1.165, 1.54) is 0 Å². The molecule has 0 aliphatic rings. The summed E-state index contributed by atoms with van der Waals surface area (Å²) in [5.41, 5.74) is 0. The zero-order valence-corrected chi connectivity index (χ0v) is 11.8. The van der Waals surface area contributed by atoms with Crippen LogP contribution >= 0.6 is 0 Å². The van der Waals surface area contributed by atoms with Gasteiger partial charge in [0.25, 0.3) is 0 Å². The number of ether oxygens (including phenoxy) is 2. The van der Waals surface area contributed by atoms with Crippen LogP contribution in [0.5, 0.6) is 11.5 Å². The fourth-order valence-corrected chi connectivity index (χ4v) is 2.60. The first-order chi connectivity index (χ1) is 9.13. The van der Waals surface area contributed by atoms with E-state index in [9.17, 15) is 4.21 Å². The van der Waals surface area contributed by atoms with E-state index in [1.807, 2.05) is 0 Å². The topological polar surface area (TPSA) is 61.6 Å². The van der Waals surface area contributed by atoms with E-state index < -0.39 is 10.8 Å². The number of rotatable bonds is 5. The zero-order valence-electron chi connectivity index (χ0n) is 11.0. The van der Waals surface area contributed by atoms with Crippen molar-refractivity contribution in [3.8, 4) is 11.5 Å². The third-order valence-corrected chi connectivity index (χ3v) is 3.83. The molecule has 5 nitrogen and oxygen atoms in total. The van der Waals surface area contributed by atoms with Crippen LogP contribution in [0.1, 0.15) is 11.7 Å². The highest BCUT2D eigenvalue weighted by Crippen LogP contribution is 2.29. The molecule has 1 heterocycles. The van der Waals surface area contributed by atoms with Gasteiger partial charge >= 0.3 is 0 Å². The van der Waals surface area contributed by atoms with Crippen LogP contribution in [0.4, 0.5) is 0 Å². The van der Waals surface area contributed by atoms with Crippen molar-refractivity contribution in [2.24, 2.45) is 0 Å². The molecule has 0 fully saturated rings. The third-order valence-electron chi connectivity index (χ3n) is 2.54. The smallest absolute Gasteiger partial charge is 0.207 e. The molecular formula is C13H15NO4S. The van der Waals surface area contributed by atoms with Gasteiger partial charge in [0.05, 0.1) is 31.2 Å². The molecule has 1 aromatic heterocycles. The molecular weight excluding hydrogens is 266 g/mol. The Bertz CT molecular complexity index is 594. The summed E-state index contributed by atoms with van der Waals surface area (Å²) in [4.78, 5) is 4.69. The van der Waals surface area contributed by atoms with Gasteiger partial charge in [-0.15, -0.1) is 0 Å². The molecule has 0 spiro atoms. The summed E-state index contributed by atoms with van der Waals surface area (Å²) in [6.07, 6.45) is 1.61. The van der Waals surface area contributed by atoms with Crippen molar-refractivity contribution in [1.82, 2.24) is 4.98 Å². The minimum Gasteiger partial charge on any atom is -0.493 e. The lowest BCUT2D eigenvalue weighted by Gasteiger charge is -2.08. The standard InChI is InChI=1S/C13H15NO4S/c1-9-7-14-13(18-9)8-19(15)10-4-5-11(16-2)12(6-10)17-3/h4-7H,8H2,1-3H3/t19-/m1/s1. The Labute approximate surface area is 114 Å². The van der Waals surface area contributed by atoms with Crippen molar-refractivity contribution >= 4 is 10.8 Å². The van der Waals surface area contributed by atoms with Gasteiger partial charge in [0.15, 0.2) is 11.5 Å². The summed E-state index contributed by atoms with van der Waals surface area (Å²) in [7, 11) is 1.87. The maximum atomic E-state index is 12.2. The molecule has 1 aromatic carbocycles. The molecule has 1 atom stereocenters. The summed E-state index contributed by atoms with van der Waals surface area (Å²) in [6.45, 7) is 1.80. The molecule has 2 aromatic rings. The van der Waals surface area contributed by atoms with Crippen LogP contribution in [0.3, 0.4) is 0 Å². The fourth-order valence-electron chi connectivity index (χ4n) is 1.62. The molecule has 0 N–H and O–H groups in total. The molecule has 0 saturated carbocycles. The highest BCUT2D eigenvalue weighted by atomic mass is 32.2. The largest absolute Gasteiger partial charge is 0.493 e. The first kappa shape index (κ1) is 13.6. The second-order valence-electron chi connectivity index (χ2n) is 3.87. The molecule has 19 heavy (non-hydrogen) atoms. The molecule has 0 aliphatic heterocycles. The fraction of sp³-hybridized carbons (Fsp3) is 0.308. The van der Waals surface area contributed by atoms with E-state index in [-0.39, 0.29) is 5.75 Å². The lowest BCUT2D eigenvalue weighted by Crippen LogP contribution is -1.98. The number of methoxy groups -OCH3 is 2. The lowest BCUT2D eigenvalue weighted by atomic mass is 10.3. The SMILES string of the molecule is COc1ccc([S@](=O)Cc2ncc(C)o2)cc1OC. The average Bonchev–Trinajstić information content (AvgIpc) is 2.83. The highest BCUT2D eigenvalue weighted by Gasteiger charge is 2.12. The normalized spacial score (nSPS) is 12.2. The number of benzene rings is 1. The second kappa shape index (κ2) is 5.88. The Morgan fingerprint density at radius 1 is 1.26 bits per heavy atom. The van der Waals surface area contributed by atoms with Crippen molar-refractivity contribution in [2.45, 2.75) is 17.6 Å². The maximum Gasteiger partial charge on any atom is 0.207 e. The monoisotopic (exact) mass is 281 g/mol. The van der Waals surface area contributed by atoms with Gasteiger partial charge in [-0.25, -0.2) is 4.98 Å². The van der Waals surface area contributed by atoms with Gasteiger partial charge < -0.3 is 13.9 Å². The minimum absolute atomic E-state index is 0.239. The van der Waals surface area contributed by atoms with Gasteiger partial charge in [-0.2, -0.15) is 0 Å². The van der Waals surface area contributed by atoms with Crippen LogP contribution in [0, 0.1) is 6.92 Å². The van der Waals surface area contributed by atoms with Gasteiger partial charge in [-0.05, 0) is 19.1 Å². The lowest BCUT2D eigenvalue weighted by molar-refractivity contribution is 0.354. The number of hydrogen-bond donors (Lipinski definition) is 0. The van der Waals surface area contributed by atoms with Crippen molar-refractivity contribution in [3.05, 3.63) is 36.0 Å². The highest BCUT2D eigenvalue weighted by molar-refractivity contribution is 7.84. The minimum atomic E-state index is -1.23. The van der Waals surface area contributed by atoms with Crippen LogP contribution in [-0.2, 0) is 16.6 Å². The summed E-state index contributed by atoms with van der Waals surface area (Å²) in [5.74, 6) is 2.57. The van der Waals surface area contributed by atoms with E-state index in [0.29, 0.717) is 28.0 Å². The van der Waals surface area contributed by atoms with E-state index >= 15 is 0 Å². The average molecular weight is 281 g/mol. The van der Waals surface area contributed by atoms with E-state index in [0.717, 1.165) is 0 Å². The van der Waals surface area contributed by atoms with E-state index in [4.69, 9.17) is 13.9 Å². The van der Waals surface area contributed by atoms with Crippen LogP contribution in [0.15, 0.2) is 33.7 Å². The number of aromatic nitrogens is 1. The van der Waals surface area contributed by atoms with Gasteiger partial charge in [0, 0.05) is 11.0 Å².